The Kier molecular flexibility index (Phi) is 13.5. The molecule has 1 aliphatic heterocycles. The number of carbonyl (C=O) groups is 4. The molecule has 0 bridgehead atoms. The molecule has 0 spiro atoms. The van der Waals surface area contributed by atoms with Crippen LogP contribution in [0, 0.1) is 17.5 Å². The van der Waals surface area contributed by atoms with Crippen molar-refractivity contribution in [1.29, 1.82) is 0 Å². The molecule has 0 saturated carbocycles. The van der Waals surface area contributed by atoms with Crippen LogP contribution in [0.5, 0.6) is 0 Å². The summed E-state index contributed by atoms with van der Waals surface area (Å²) in [6.07, 6.45) is 0.0260. The lowest BCUT2D eigenvalue weighted by atomic mass is 9.98. The van der Waals surface area contributed by atoms with Gasteiger partial charge in [-0.25, -0.2) is 22.8 Å². The Labute approximate surface area is 273 Å². The number of benzene rings is 2. The van der Waals surface area contributed by atoms with Crippen LogP contribution in [0.1, 0.15) is 70.4 Å². The van der Waals surface area contributed by atoms with Crippen LogP contribution in [0.3, 0.4) is 0 Å². The predicted molar refractivity (Wildman–Crippen MR) is 168 cm³/mol. The average Bonchev–Trinajstić information content (AvgIpc) is 3.37. The van der Waals surface area contributed by atoms with Gasteiger partial charge in [-0.15, -0.1) is 0 Å². The molecule has 13 heteroatoms. The van der Waals surface area contributed by atoms with E-state index in [1.807, 2.05) is 37.3 Å². The fourth-order valence-corrected chi connectivity index (χ4v) is 6.47. The van der Waals surface area contributed by atoms with Crippen molar-refractivity contribution >= 4 is 23.9 Å². The number of aryl methyl sites for hydroxylation is 1. The third kappa shape index (κ3) is 8.96. The number of carbonyl (C=O) groups excluding carboxylic acids is 3. The van der Waals surface area contributed by atoms with Crippen molar-refractivity contribution in [3.05, 3.63) is 71.0 Å². The number of rotatable bonds is 15. The van der Waals surface area contributed by atoms with E-state index in [-0.39, 0.29) is 38.0 Å². The number of halogens is 3. The quantitative estimate of drug-likeness (QED) is 0.144. The van der Waals surface area contributed by atoms with Crippen molar-refractivity contribution in [3.8, 4) is 0 Å². The lowest BCUT2D eigenvalue weighted by Crippen LogP contribution is -2.64. The van der Waals surface area contributed by atoms with E-state index < -0.39 is 82.4 Å². The first-order chi connectivity index (χ1) is 22.3. The Morgan fingerprint density at radius 1 is 1.02 bits per heavy atom. The van der Waals surface area contributed by atoms with E-state index in [0.29, 0.717) is 31.4 Å². The summed E-state index contributed by atoms with van der Waals surface area (Å²) in [6, 6.07) is 5.30. The number of likely N-dealkylation sites (tertiary alicyclic amines) is 1. The van der Waals surface area contributed by atoms with E-state index >= 15 is 0 Å². The molecule has 10 nitrogen and oxygen atoms in total. The summed E-state index contributed by atoms with van der Waals surface area (Å²) in [5.41, 5.74) is 13.1. The molecular weight excluding hydrogens is 617 g/mol. The van der Waals surface area contributed by atoms with E-state index in [1.165, 1.54) is 4.90 Å². The smallest absolute Gasteiger partial charge is 0.464 e. The number of esters is 1. The third-order valence-corrected chi connectivity index (χ3v) is 8.92. The third-order valence-electron chi connectivity index (χ3n) is 8.92. The lowest BCUT2D eigenvalue weighted by molar-refractivity contribution is -0.793. The molecule has 0 aliphatic carbocycles. The van der Waals surface area contributed by atoms with Gasteiger partial charge in [0.2, 0.25) is 5.91 Å². The molecule has 2 aromatic carbocycles. The van der Waals surface area contributed by atoms with Crippen LogP contribution in [-0.2, 0) is 32.0 Å². The first-order valence-corrected chi connectivity index (χ1v) is 16.1. The minimum Gasteiger partial charge on any atom is -0.464 e. The standard InChI is InChI=1S/C34H45F3N4O6/c1-4-6-12-29(39)32(43)41(34(45)46)20-25(15-21(41)3)40(30(33(44)47-5-2)14-13-22-10-8-7-9-11-22)31(42)18-24(38)16-23-17-27(36)28(37)19-26(23)35/h7-11,17,19,21,24-25,29-30H,4-6,12-16,18,20,38-39H2,1-3H3/p+1/t21?,24-,25+,29?,30+,41?/m1/s1. The van der Waals surface area contributed by atoms with Crippen LogP contribution in [-0.4, -0.2) is 81.7 Å². The fourth-order valence-electron chi connectivity index (χ4n) is 6.47. The van der Waals surface area contributed by atoms with Crippen LogP contribution >= 0.6 is 0 Å². The van der Waals surface area contributed by atoms with Crippen molar-refractivity contribution in [3.63, 3.8) is 0 Å². The summed E-state index contributed by atoms with van der Waals surface area (Å²) in [5, 5.41) is 10.5. The Balaban J connectivity index is 2.01. The molecule has 47 heavy (non-hydrogen) atoms. The Morgan fingerprint density at radius 3 is 2.30 bits per heavy atom. The van der Waals surface area contributed by atoms with Gasteiger partial charge in [0.25, 0.3) is 0 Å². The summed E-state index contributed by atoms with van der Waals surface area (Å²) in [4.78, 5) is 55.5. The maximum Gasteiger partial charge on any atom is 0.521 e. The topological polar surface area (TPSA) is 153 Å². The number of amides is 3. The van der Waals surface area contributed by atoms with E-state index in [0.717, 1.165) is 12.0 Å². The van der Waals surface area contributed by atoms with E-state index in [2.05, 4.69) is 0 Å². The number of hydrogen-bond acceptors (Lipinski definition) is 7. The monoisotopic (exact) mass is 663 g/mol. The van der Waals surface area contributed by atoms with E-state index in [1.54, 1.807) is 13.8 Å². The highest BCUT2D eigenvalue weighted by atomic mass is 19.2. The number of quaternary nitrogens is 1. The molecule has 6 atom stereocenters. The number of nitrogens with zero attached hydrogens (tertiary/aromatic N) is 2. The Morgan fingerprint density at radius 2 is 1.68 bits per heavy atom. The zero-order valence-electron chi connectivity index (χ0n) is 27.2. The van der Waals surface area contributed by atoms with Crippen molar-refractivity contribution in [2.24, 2.45) is 11.5 Å². The summed E-state index contributed by atoms with van der Waals surface area (Å²) in [7, 11) is 0. The molecule has 1 saturated heterocycles. The van der Waals surface area contributed by atoms with E-state index in [4.69, 9.17) is 16.2 Å². The van der Waals surface area contributed by atoms with Gasteiger partial charge in [0.1, 0.15) is 30.5 Å². The van der Waals surface area contributed by atoms with Gasteiger partial charge in [0, 0.05) is 24.9 Å². The molecule has 0 aromatic heterocycles. The van der Waals surface area contributed by atoms with Crippen molar-refractivity contribution < 1.29 is 46.7 Å². The fraction of sp³-hybridized carbons (Fsp3) is 0.529. The lowest BCUT2D eigenvalue weighted by Gasteiger charge is -2.36. The number of carboxylic acid groups (broad SMARTS) is 1. The number of hydrogen-bond donors (Lipinski definition) is 3. The first kappa shape index (κ1) is 37.6. The van der Waals surface area contributed by atoms with Crippen LogP contribution in [0.4, 0.5) is 18.0 Å². The van der Waals surface area contributed by atoms with Crippen molar-refractivity contribution in [2.75, 3.05) is 13.2 Å². The molecule has 1 heterocycles. The summed E-state index contributed by atoms with van der Waals surface area (Å²) < 4.78 is 46.2. The normalized spacial score (nSPS) is 21.1. The molecule has 1 aliphatic rings. The molecule has 1 fully saturated rings. The molecule has 5 N–H and O–H groups in total. The van der Waals surface area contributed by atoms with Gasteiger partial charge in [0.15, 0.2) is 11.6 Å². The highest BCUT2D eigenvalue weighted by Crippen LogP contribution is 2.34. The number of nitrogens with two attached hydrogens (primary N) is 2. The maximum atomic E-state index is 14.4. The minimum absolute atomic E-state index is 0.0125. The van der Waals surface area contributed by atoms with Crippen LogP contribution in [0.25, 0.3) is 0 Å². The number of imide groups is 1. The van der Waals surface area contributed by atoms with Gasteiger partial charge in [-0.2, -0.15) is 9.28 Å². The summed E-state index contributed by atoms with van der Waals surface area (Å²) in [5.74, 6) is -5.71. The Hall–Kier alpha value is -3.81. The second-order valence-electron chi connectivity index (χ2n) is 12.3. The summed E-state index contributed by atoms with van der Waals surface area (Å²) >= 11 is 0. The average molecular weight is 664 g/mol. The van der Waals surface area contributed by atoms with Gasteiger partial charge in [-0.1, -0.05) is 50.1 Å². The Bertz CT molecular complexity index is 1410. The van der Waals surface area contributed by atoms with Gasteiger partial charge in [0.05, 0.1) is 12.6 Å². The van der Waals surface area contributed by atoms with Gasteiger partial charge in [-0.3, -0.25) is 4.79 Å². The molecule has 3 rings (SSSR count). The highest BCUT2D eigenvalue weighted by Gasteiger charge is 2.60. The molecule has 3 unspecified atom stereocenters. The highest BCUT2D eigenvalue weighted by molar-refractivity contribution is 5.87. The molecule has 0 radical (unpaired) electrons. The van der Waals surface area contributed by atoms with Crippen molar-refractivity contribution in [1.82, 2.24) is 4.90 Å². The first-order valence-electron chi connectivity index (χ1n) is 16.1. The van der Waals surface area contributed by atoms with Gasteiger partial charge in [-0.05, 0) is 56.7 Å². The molecule has 258 valence electrons. The van der Waals surface area contributed by atoms with Gasteiger partial charge >= 0.3 is 18.0 Å². The maximum absolute atomic E-state index is 14.4. The number of unbranched alkanes of at least 4 members (excludes halogenated alkanes) is 1. The summed E-state index contributed by atoms with van der Waals surface area (Å²) in [6.45, 7) is 4.81. The second-order valence-corrected chi connectivity index (χ2v) is 12.3. The minimum atomic E-state index is -1.41. The zero-order valence-corrected chi connectivity index (χ0v) is 27.2. The van der Waals surface area contributed by atoms with Crippen molar-refractivity contribution in [2.45, 2.75) is 102 Å². The largest absolute Gasteiger partial charge is 0.521 e. The second kappa shape index (κ2) is 16.8. The van der Waals surface area contributed by atoms with Gasteiger partial charge < -0.3 is 26.2 Å². The molecule has 2 aromatic rings. The zero-order chi connectivity index (χ0) is 34.9. The van der Waals surface area contributed by atoms with Crippen LogP contribution < -0.4 is 11.5 Å². The molecular formula is C34H46F3N4O6+. The molecule has 3 amide bonds. The van der Waals surface area contributed by atoms with Crippen LogP contribution in [0.15, 0.2) is 42.5 Å². The number of ether oxygens (including phenoxy) is 1. The van der Waals surface area contributed by atoms with Crippen LogP contribution in [0.2, 0.25) is 0 Å². The SMILES string of the molecule is CCCCC(N)C(=O)[N+]1(C(=O)O)C[C@@H](N(C(=O)C[C@H](N)Cc2cc(F)c(F)cc2F)[C@@H](CCc2ccccc2)C(=O)OCC)CC1C. The predicted octanol–water partition coefficient (Wildman–Crippen LogP) is 4.46. The van der Waals surface area contributed by atoms with E-state index in [9.17, 15) is 37.5 Å².